The van der Waals surface area contributed by atoms with Crippen LogP contribution >= 0.6 is 0 Å². The van der Waals surface area contributed by atoms with E-state index in [1.54, 1.807) is 0 Å². The SMILES string of the molecule is O=c1oc(-c2ccc(C(F)(F)F)cc2)cc2c1-c1ccccc1CO2. The van der Waals surface area contributed by atoms with Gasteiger partial charge in [0.25, 0.3) is 0 Å². The average molecular weight is 344 g/mol. The molecule has 0 spiro atoms. The molecule has 0 unspecified atom stereocenters. The molecule has 4 rings (SSSR count). The van der Waals surface area contributed by atoms with Crippen molar-refractivity contribution in [2.75, 3.05) is 0 Å². The minimum absolute atomic E-state index is 0.164. The van der Waals surface area contributed by atoms with E-state index in [0.717, 1.165) is 23.3 Å². The molecule has 126 valence electrons. The predicted molar refractivity (Wildman–Crippen MR) is 85.2 cm³/mol. The first-order valence-electron chi connectivity index (χ1n) is 7.50. The van der Waals surface area contributed by atoms with Crippen molar-refractivity contribution in [3.63, 3.8) is 0 Å². The summed E-state index contributed by atoms with van der Waals surface area (Å²) in [5, 5.41) is 0. The van der Waals surface area contributed by atoms with Gasteiger partial charge in [0.1, 0.15) is 23.7 Å². The largest absolute Gasteiger partial charge is 0.488 e. The third-order valence-corrected chi connectivity index (χ3v) is 4.08. The fraction of sp³-hybridized carbons (Fsp3) is 0.105. The first-order chi connectivity index (χ1) is 11.9. The molecule has 2 aromatic carbocycles. The molecule has 1 aromatic heterocycles. The molecule has 0 fully saturated rings. The lowest BCUT2D eigenvalue weighted by molar-refractivity contribution is -0.137. The quantitative estimate of drug-likeness (QED) is 0.631. The van der Waals surface area contributed by atoms with E-state index in [4.69, 9.17) is 9.15 Å². The summed E-state index contributed by atoms with van der Waals surface area (Å²) in [6, 6.07) is 13.3. The molecule has 0 N–H and O–H groups in total. The lowest BCUT2D eigenvalue weighted by Crippen LogP contribution is -2.13. The Labute approximate surface area is 140 Å². The molecule has 0 saturated heterocycles. The first-order valence-corrected chi connectivity index (χ1v) is 7.50. The third kappa shape index (κ3) is 2.69. The summed E-state index contributed by atoms with van der Waals surface area (Å²) < 4.78 is 48.9. The van der Waals surface area contributed by atoms with Crippen LogP contribution in [0.3, 0.4) is 0 Å². The van der Waals surface area contributed by atoms with Crippen LogP contribution in [0.4, 0.5) is 13.2 Å². The Hall–Kier alpha value is -3.02. The molecule has 0 saturated carbocycles. The van der Waals surface area contributed by atoms with Crippen molar-refractivity contribution in [1.82, 2.24) is 0 Å². The Balaban J connectivity index is 1.80. The van der Waals surface area contributed by atoms with Crippen LogP contribution in [0.25, 0.3) is 22.5 Å². The van der Waals surface area contributed by atoms with Gasteiger partial charge in [0.15, 0.2) is 0 Å². The zero-order valence-corrected chi connectivity index (χ0v) is 12.8. The lowest BCUT2D eigenvalue weighted by Gasteiger charge is -2.19. The van der Waals surface area contributed by atoms with Crippen LogP contribution in [0.5, 0.6) is 5.75 Å². The maximum Gasteiger partial charge on any atom is 0.416 e. The molecular formula is C19H11F3O3. The Morgan fingerprint density at radius 2 is 1.68 bits per heavy atom. The van der Waals surface area contributed by atoms with E-state index in [0.29, 0.717) is 23.5 Å². The molecule has 2 heterocycles. The predicted octanol–water partition coefficient (Wildman–Crippen LogP) is 4.89. The monoisotopic (exact) mass is 344 g/mol. The average Bonchev–Trinajstić information content (AvgIpc) is 2.60. The standard InChI is InChI=1S/C19H11F3O3/c20-19(21,22)13-7-5-11(6-8-13)15-9-16-17(18(23)25-15)14-4-2-1-3-12(14)10-24-16/h1-9H,10H2. The van der Waals surface area contributed by atoms with Crippen molar-refractivity contribution in [2.45, 2.75) is 12.8 Å². The highest BCUT2D eigenvalue weighted by Gasteiger charge is 2.30. The molecule has 6 heteroatoms. The normalized spacial score (nSPS) is 12.9. The molecule has 25 heavy (non-hydrogen) atoms. The second-order valence-corrected chi connectivity index (χ2v) is 5.66. The smallest absolute Gasteiger partial charge is 0.416 e. The maximum absolute atomic E-state index is 12.7. The second kappa shape index (κ2) is 5.51. The summed E-state index contributed by atoms with van der Waals surface area (Å²) in [5.74, 6) is 0.529. The number of ether oxygens (including phenoxy) is 1. The van der Waals surface area contributed by atoms with E-state index in [1.165, 1.54) is 18.2 Å². The molecule has 1 aliphatic heterocycles. The van der Waals surface area contributed by atoms with E-state index in [9.17, 15) is 18.0 Å². The number of fused-ring (bicyclic) bond motifs is 3. The van der Waals surface area contributed by atoms with Crippen LogP contribution in [-0.2, 0) is 12.8 Å². The fourth-order valence-electron chi connectivity index (χ4n) is 2.84. The number of hydrogen-bond donors (Lipinski definition) is 0. The highest BCUT2D eigenvalue weighted by molar-refractivity contribution is 5.76. The van der Waals surface area contributed by atoms with Gasteiger partial charge in [-0.2, -0.15) is 13.2 Å². The van der Waals surface area contributed by atoms with Gasteiger partial charge in [-0.05, 0) is 23.3 Å². The van der Waals surface area contributed by atoms with Crippen molar-refractivity contribution in [3.8, 4) is 28.2 Å². The summed E-state index contributed by atoms with van der Waals surface area (Å²) in [5.41, 5.74) is 0.982. The van der Waals surface area contributed by atoms with Crippen LogP contribution < -0.4 is 10.4 Å². The number of rotatable bonds is 1. The minimum atomic E-state index is -4.41. The Morgan fingerprint density at radius 3 is 2.40 bits per heavy atom. The summed E-state index contributed by atoms with van der Waals surface area (Å²) in [7, 11) is 0. The first kappa shape index (κ1) is 15.5. The summed E-state index contributed by atoms with van der Waals surface area (Å²) in [4.78, 5) is 12.4. The summed E-state index contributed by atoms with van der Waals surface area (Å²) in [6.45, 7) is 0.319. The molecule has 3 nitrogen and oxygen atoms in total. The van der Waals surface area contributed by atoms with Crippen molar-refractivity contribution in [1.29, 1.82) is 0 Å². The highest BCUT2D eigenvalue weighted by atomic mass is 19.4. The van der Waals surface area contributed by atoms with Gasteiger partial charge in [-0.3, -0.25) is 0 Å². The number of halogens is 3. The van der Waals surface area contributed by atoms with Crippen molar-refractivity contribution in [2.24, 2.45) is 0 Å². The van der Waals surface area contributed by atoms with E-state index in [1.807, 2.05) is 24.3 Å². The number of alkyl halides is 3. The van der Waals surface area contributed by atoms with Gasteiger partial charge in [0.05, 0.1) is 5.56 Å². The Morgan fingerprint density at radius 1 is 0.960 bits per heavy atom. The molecule has 1 aliphatic rings. The van der Waals surface area contributed by atoms with Crippen LogP contribution in [0.15, 0.2) is 63.8 Å². The summed E-state index contributed by atoms with van der Waals surface area (Å²) in [6.07, 6.45) is -4.41. The molecule has 0 aliphatic carbocycles. The molecule has 0 atom stereocenters. The van der Waals surface area contributed by atoms with Crippen LogP contribution in [0.2, 0.25) is 0 Å². The lowest BCUT2D eigenvalue weighted by atomic mass is 9.98. The fourth-order valence-corrected chi connectivity index (χ4v) is 2.84. The number of benzene rings is 2. The van der Waals surface area contributed by atoms with Crippen molar-refractivity contribution < 1.29 is 22.3 Å². The molecule has 3 aromatic rings. The van der Waals surface area contributed by atoms with Gasteiger partial charge in [-0.25, -0.2) is 4.79 Å². The van der Waals surface area contributed by atoms with Gasteiger partial charge >= 0.3 is 11.8 Å². The molecule has 0 radical (unpaired) electrons. The van der Waals surface area contributed by atoms with E-state index in [-0.39, 0.29) is 5.76 Å². The van der Waals surface area contributed by atoms with Gasteiger partial charge in [-0.15, -0.1) is 0 Å². The highest BCUT2D eigenvalue weighted by Crippen LogP contribution is 2.37. The molecule has 0 bridgehead atoms. The number of hydrogen-bond acceptors (Lipinski definition) is 3. The Bertz CT molecular complexity index is 1000. The van der Waals surface area contributed by atoms with Crippen LogP contribution in [-0.4, -0.2) is 0 Å². The van der Waals surface area contributed by atoms with E-state index in [2.05, 4.69) is 0 Å². The van der Waals surface area contributed by atoms with Crippen molar-refractivity contribution >= 4 is 0 Å². The summed E-state index contributed by atoms with van der Waals surface area (Å²) >= 11 is 0. The maximum atomic E-state index is 12.7. The zero-order chi connectivity index (χ0) is 17.6. The van der Waals surface area contributed by atoms with Gasteiger partial charge in [-0.1, -0.05) is 36.4 Å². The van der Waals surface area contributed by atoms with Crippen LogP contribution in [0, 0.1) is 0 Å². The minimum Gasteiger partial charge on any atom is -0.488 e. The van der Waals surface area contributed by atoms with Crippen LogP contribution in [0.1, 0.15) is 11.1 Å². The van der Waals surface area contributed by atoms with Gasteiger partial charge < -0.3 is 9.15 Å². The van der Waals surface area contributed by atoms with Gasteiger partial charge in [0.2, 0.25) is 0 Å². The molecular weight excluding hydrogens is 333 g/mol. The topological polar surface area (TPSA) is 39.4 Å². The Kier molecular flexibility index (Phi) is 3.42. The van der Waals surface area contributed by atoms with Gasteiger partial charge in [0, 0.05) is 11.6 Å². The second-order valence-electron chi connectivity index (χ2n) is 5.66. The zero-order valence-electron chi connectivity index (χ0n) is 12.8. The van der Waals surface area contributed by atoms with Crippen molar-refractivity contribution in [3.05, 3.63) is 76.1 Å². The molecule has 0 amide bonds. The van der Waals surface area contributed by atoms with E-state index < -0.39 is 17.4 Å². The third-order valence-electron chi connectivity index (χ3n) is 4.08. The van der Waals surface area contributed by atoms with E-state index >= 15 is 0 Å².